The quantitative estimate of drug-likeness (QED) is 0.804. The van der Waals surface area contributed by atoms with Crippen LogP contribution in [0.25, 0.3) is 0 Å². The van der Waals surface area contributed by atoms with Gasteiger partial charge in [-0.15, -0.1) is 0 Å². The van der Waals surface area contributed by atoms with Gasteiger partial charge in [0, 0.05) is 4.47 Å². The molecule has 0 saturated carbocycles. The predicted molar refractivity (Wildman–Crippen MR) is 88.1 cm³/mol. The highest BCUT2D eigenvalue weighted by atomic mass is 79.9. The Morgan fingerprint density at radius 3 is 2.65 bits per heavy atom. The van der Waals surface area contributed by atoms with Gasteiger partial charge in [-0.3, -0.25) is 0 Å². The second-order valence-electron chi connectivity index (χ2n) is 5.89. The van der Waals surface area contributed by atoms with Gasteiger partial charge < -0.3 is 10.1 Å². The second kappa shape index (κ2) is 8.16. The fraction of sp³-hybridized carbons (Fsp3) is 0.647. The molecule has 2 rings (SSSR count). The molecule has 1 aliphatic rings. The number of hydrogen-bond acceptors (Lipinski definition) is 2. The summed E-state index contributed by atoms with van der Waals surface area (Å²) in [6.07, 6.45) is 5.67. The Morgan fingerprint density at radius 2 is 2.05 bits per heavy atom. The second-order valence-corrected chi connectivity index (χ2v) is 6.80. The summed E-state index contributed by atoms with van der Waals surface area (Å²) >= 11 is 3.50. The van der Waals surface area contributed by atoms with Crippen molar-refractivity contribution in [3.8, 4) is 0 Å². The van der Waals surface area contributed by atoms with E-state index in [1.165, 1.54) is 24.8 Å². The standard InChI is InChI=1S/C17H26BrNO/c1-3-19-12-15(11-17-9-4-13(2)20-17)10-14-5-7-16(18)8-6-14/h5-8,13,15,17,19H,3-4,9-12H2,1-2H3. The van der Waals surface area contributed by atoms with E-state index < -0.39 is 0 Å². The molecule has 112 valence electrons. The van der Waals surface area contributed by atoms with Gasteiger partial charge >= 0.3 is 0 Å². The topological polar surface area (TPSA) is 21.3 Å². The number of halogens is 1. The molecule has 1 heterocycles. The molecule has 3 heteroatoms. The van der Waals surface area contributed by atoms with Crippen molar-refractivity contribution < 1.29 is 4.74 Å². The first-order valence-corrected chi connectivity index (χ1v) is 8.57. The Kier molecular flexibility index (Phi) is 6.53. The first kappa shape index (κ1) is 16.0. The first-order valence-electron chi connectivity index (χ1n) is 7.78. The maximum Gasteiger partial charge on any atom is 0.0583 e. The van der Waals surface area contributed by atoms with E-state index in [-0.39, 0.29) is 0 Å². The van der Waals surface area contributed by atoms with Crippen molar-refractivity contribution in [2.75, 3.05) is 13.1 Å². The van der Waals surface area contributed by atoms with Crippen LogP contribution >= 0.6 is 15.9 Å². The van der Waals surface area contributed by atoms with Crippen LogP contribution in [0.1, 0.15) is 38.7 Å². The average molecular weight is 340 g/mol. The molecule has 1 N–H and O–H groups in total. The van der Waals surface area contributed by atoms with Crippen LogP contribution in [-0.4, -0.2) is 25.3 Å². The zero-order valence-corrected chi connectivity index (χ0v) is 14.2. The minimum absolute atomic E-state index is 0.451. The lowest BCUT2D eigenvalue weighted by Gasteiger charge is -2.21. The van der Waals surface area contributed by atoms with Gasteiger partial charge in [0.15, 0.2) is 0 Å². The molecule has 3 atom stereocenters. The van der Waals surface area contributed by atoms with E-state index in [0.29, 0.717) is 18.1 Å². The van der Waals surface area contributed by atoms with Crippen molar-refractivity contribution in [3.63, 3.8) is 0 Å². The van der Waals surface area contributed by atoms with Gasteiger partial charge in [0.2, 0.25) is 0 Å². The van der Waals surface area contributed by atoms with E-state index in [1.54, 1.807) is 0 Å². The lowest BCUT2D eigenvalue weighted by molar-refractivity contribution is 0.0408. The van der Waals surface area contributed by atoms with Crippen molar-refractivity contribution in [2.24, 2.45) is 5.92 Å². The van der Waals surface area contributed by atoms with Crippen LogP contribution in [0, 0.1) is 5.92 Å². The van der Waals surface area contributed by atoms with E-state index in [0.717, 1.165) is 24.0 Å². The maximum atomic E-state index is 5.99. The molecule has 1 saturated heterocycles. The molecular weight excluding hydrogens is 314 g/mol. The van der Waals surface area contributed by atoms with Gasteiger partial charge in [0.1, 0.15) is 0 Å². The summed E-state index contributed by atoms with van der Waals surface area (Å²) in [7, 11) is 0. The van der Waals surface area contributed by atoms with E-state index in [9.17, 15) is 0 Å². The first-order chi connectivity index (χ1) is 9.67. The van der Waals surface area contributed by atoms with Crippen LogP contribution in [-0.2, 0) is 11.2 Å². The van der Waals surface area contributed by atoms with Gasteiger partial charge in [-0.1, -0.05) is 35.0 Å². The minimum atomic E-state index is 0.451. The molecule has 0 amide bonds. The van der Waals surface area contributed by atoms with E-state index in [4.69, 9.17) is 4.74 Å². The molecule has 2 nitrogen and oxygen atoms in total. The predicted octanol–water partition coefficient (Wildman–Crippen LogP) is 4.17. The molecule has 1 aromatic carbocycles. The monoisotopic (exact) mass is 339 g/mol. The summed E-state index contributed by atoms with van der Waals surface area (Å²) in [5, 5.41) is 3.50. The average Bonchev–Trinajstić information content (AvgIpc) is 2.84. The van der Waals surface area contributed by atoms with Crippen molar-refractivity contribution >= 4 is 15.9 Å². The van der Waals surface area contributed by atoms with Crippen LogP contribution in [0.3, 0.4) is 0 Å². The Hall–Kier alpha value is -0.380. The van der Waals surface area contributed by atoms with Gasteiger partial charge in [0.25, 0.3) is 0 Å². The van der Waals surface area contributed by atoms with Crippen LogP contribution in [0.15, 0.2) is 28.7 Å². The van der Waals surface area contributed by atoms with Crippen molar-refractivity contribution in [2.45, 2.75) is 51.7 Å². The smallest absolute Gasteiger partial charge is 0.0583 e. The third-order valence-electron chi connectivity index (χ3n) is 4.04. The molecule has 1 fully saturated rings. The van der Waals surface area contributed by atoms with Crippen LogP contribution in [0.2, 0.25) is 0 Å². The number of ether oxygens (including phenoxy) is 1. The lowest BCUT2D eigenvalue weighted by Crippen LogP contribution is -2.27. The molecule has 0 radical (unpaired) electrons. The fourth-order valence-electron chi connectivity index (χ4n) is 2.97. The normalized spacial score (nSPS) is 23.9. The molecule has 0 bridgehead atoms. The Labute approximate surface area is 131 Å². The van der Waals surface area contributed by atoms with Crippen LogP contribution < -0.4 is 5.32 Å². The SMILES string of the molecule is CCNCC(Cc1ccc(Br)cc1)CC1CCC(C)O1. The van der Waals surface area contributed by atoms with Gasteiger partial charge in [-0.2, -0.15) is 0 Å². The summed E-state index contributed by atoms with van der Waals surface area (Å²) in [6, 6.07) is 8.71. The Morgan fingerprint density at radius 1 is 1.30 bits per heavy atom. The van der Waals surface area contributed by atoms with Crippen molar-refractivity contribution in [1.82, 2.24) is 5.32 Å². The third-order valence-corrected chi connectivity index (χ3v) is 4.57. The van der Waals surface area contributed by atoms with E-state index in [2.05, 4.69) is 59.4 Å². The number of rotatable bonds is 7. The molecule has 0 aliphatic carbocycles. The van der Waals surface area contributed by atoms with Gasteiger partial charge in [-0.25, -0.2) is 0 Å². The molecular formula is C17H26BrNO. The number of nitrogens with one attached hydrogen (secondary N) is 1. The molecule has 0 aromatic heterocycles. The molecule has 20 heavy (non-hydrogen) atoms. The summed E-state index contributed by atoms with van der Waals surface area (Å²) in [5.41, 5.74) is 1.42. The van der Waals surface area contributed by atoms with E-state index in [1.807, 2.05) is 0 Å². The largest absolute Gasteiger partial charge is 0.375 e. The minimum Gasteiger partial charge on any atom is -0.375 e. The maximum absolute atomic E-state index is 5.99. The van der Waals surface area contributed by atoms with Crippen LogP contribution in [0.4, 0.5) is 0 Å². The molecule has 1 aromatic rings. The summed E-state index contributed by atoms with van der Waals surface area (Å²) < 4.78 is 7.14. The summed E-state index contributed by atoms with van der Waals surface area (Å²) in [6.45, 7) is 6.48. The van der Waals surface area contributed by atoms with Crippen molar-refractivity contribution in [1.29, 1.82) is 0 Å². The summed E-state index contributed by atoms with van der Waals surface area (Å²) in [5.74, 6) is 0.659. The lowest BCUT2D eigenvalue weighted by atomic mass is 9.92. The Balaban J connectivity index is 1.90. The zero-order chi connectivity index (χ0) is 14.4. The highest BCUT2D eigenvalue weighted by Gasteiger charge is 2.24. The fourth-order valence-corrected chi connectivity index (χ4v) is 3.24. The molecule has 0 spiro atoms. The zero-order valence-electron chi connectivity index (χ0n) is 12.6. The van der Waals surface area contributed by atoms with E-state index >= 15 is 0 Å². The molecule has 1 aliphatic heterocycles. The van der Waals surface area contributed by atoms with Gasteiger partial charge in [-0.05, 0) is 69.3 Å². The van der Waals surface area contributed by atoms with Crippen molar-refractivity contribution in [3.05, 3.63) is 34.3 Å². The highest BCUT2D eigenvalue weighted by molar-refractivity contribution is 9.10. The third kappa shape index (κ3) is 5.19. The van der Waals surface area contributed by atoms with Crippen LogP contribution in [0.5, 0.6) is 0 Å². The molecule has 3 unspecified atom stereocenters. The number of benzene rings is 1. The highest BCUT2D eigenvalue weighted by Crippen LogP contribution is 2.26. The summed E-state index contributed by atoms with van der Waals surface area (Å²) in [4.78, 5) is 0. The van der Waals surface area contributed by atoms with Gasteiger partial charge in [0.05, 0.1) is 12.2 Å². The Bertz CT molecular complexity index is 392. The number of hydrogen-bond donors (Lipinski definition) is 1.